The molecule has 0 aliphatic carbocycles. The highest BCUT2D eigenvalue weighted by Gasteiger charge is 2.34. The minimum absolute atomic E-state index is 0.368. The Morgan fingerprint density at radius 1 is 1.44 bits per heavy atom. The number of amides is 2. The van der Waals surface area contributed by atoms with Gasteiger partial charge < -0.3 is 15.3 Å². The molecule has 1 fully saturated rings. The zero-order valence-electron chi connectivity index (χ0n) is 9.30. The van der Waals surface area contributed by atoms with Crippen molar-refractivity contribution in [3.8, 4) is 0 Å². The fraction of sp³-hybridized carbons (Fsp3) is 0.273. The lowest BCUT2D eigenvalue weighted by Crippen LogP contribution is -2.43. The van der Waals surface area contributed by atoms with Gasteiger partial charge in [-0.3, -0.25) is 0 Å². The van der Waals surface area contributed by atoms with E-state index in [1.807, 2.05) is 0 Å². The number of urea groups is 1. The number of hydrogen-bond donors (Lipinski definition) is 2. The summed E-state index contributed by atoms with van der Waals surface area (Å²) >= 11 is 7.33. The summed E-state index contributed by atoms with van der Waals surface area (Å²) in [5.41, 5.74) is 0.477. The molecule has 0 radical (unpaired) electrons. The largest absolute Gasteiger partial charge is 0.480 e. The molecule has 96 valence electrons. The van der Waals surface area contributed by atoms with Gasteiger partial charge in [-0.25, -0.2) is 9.59 Å². The molecular weight excluding hydrogens is 276 g/mol. The van der Waals surface area contributed by atoms with Crippen molar-refractivity contribution in [3.05, 3.63) is 29.3 Å². The van der Waals surface area contributed by atoms with Gasteiger partial charge in [0.25, 0.3) is 0 Å². The lowest BCUT2D eigenvalue weighted by Gasteiger charge is -2.21. The van der Waals surface area contributed by atoms with Gasteiger partial charge in [-0.15, -0.1) is 11.8 Å². The molecule has 0 unspecified atom stereocenters. The molecule has 0 saturated carbocycles. The Balaban J connectivity index is 2.08. The summed E-state index contributed by atoms with van der Waals surface area (Å²) in [6.07, 6.45) is 0. The average Bonchev–Trinajstić information content (AvgIpc) is 2.81. The van der Waals surface area contributed by atoms with Crippen LogP contribution in [0.4, 0.5) is 10.5 Å². The topological polar surface area (TPSA) is 69.6 Å². The van der Waals surface area contributed by atoms with Gasteiger partial charge in [-0.2, -0.15) is 0 Å². The predicted molar refractivity (Wildman–Crippen MR) is 71.1 cm³/mol. The molecule has 0 bridgehead atoms. The van der Waals surface area contributed by atoms with Crippen LogP contribution in [0.5, 0.6) is 0 Å². The maximum Gasteiger partial charge on any atom is 0.327 e. The van der Waals surface area contributed by atoms with Crippen LogP contribution in [0.1, 0.15) is 0 Å². The Morgan fingerprint density at radius 3 is 2.83 bits per heavy atom. The van der Waals surface area contributed by atoms with Crippen LogP contribution in [0.25, 0.3) is 0 Å². The molecule has 1 aliphatic rings. The SMILES string of the molecule is O=C(O)[C@@H]1CSCN1C(=O)Nc1ccccc1Cl. The van der Waals surface area contributed by atoms with Crippen molar-refractivity contribution in [2.24, 2.45) is 0 Å². The van der Waals surface area contributed by atoms with Gasteiger partial charge in [0, 0.05) is 5.75 Å². The molecule has 1 aromatic carbocycles. The first-order valence-electron chi connectivity index (χ1n) is 5.22. The fourth-order valence-corrected chi connectivity index (χ4v) is 2.93. The molecule has 0 spiro atoms. The Hall–Kier alpha value is -1.40. The number of carbonyl (C=O) groups is 2. The number of nitrogens with zero attached hydrogens (tertiary/aromatic N) is 1. The second kappa shape index (κ2) is 5.49. The lowest BCUT2D eigenvalue weighted by atomic mass is 10.3. The van der Waals surface area contributed by atoms with Gasteiger partial charge in [-0.1, -0.05) is 23.7 Å². The van der Waals surface area contributed by atoms with Gasteiger partial charge in [0.15, 0.2) is 0 Å². The third-order valence-corrected chi connectivity index (χ3v) is 3.89. The number of hydrogen-bond acceptors (Lipinski definition) is 3. The summed E-state index contributed by atoms with van der Waals surface area (Å²) in [5.74, 6) is -0.215. The van der Waals surface area contributed by atoms with E-state index in [0.717, 1.165) is 0 Å². The molecule has 2 amide bonds. The highest BCUT2D eigenvalue weighted by atomic mass is 35.5. The third-order valence-electron chi connectivity index (χ3n) is 2.54. The molecule has 18 heavy (non-hydrogen) atoms. The van der Waals surface area contributed by atoms with Crippen molar-refractivity contribution in [2.45, 2.75) is 6.04 Å². The molecule has 2 rings (SSSR count). The summed E-state index contributed by atoms with van der Waals surface area (Å²) in [6, 6.07) is 5.60. The van der Waals surface area contributed by atoms with Crippen LogP contribution in [-0.2, 0) is 4.79 Å². The molecule has 5 nitrogen and oxygen atoms in total. The smallest absolute Gasteiger partial charge is 0.327 e. The summed E-state index contributed by atoms with van der Waals surface area (Å²) in [6.45, 7) is 0. The van der Waals surface area contributed by atoms with E-state index in [0.29, 0.717) is 22.3 Å². The number of halogens is 1. The van der Waals surface area contributed by atoms with Gasteiger partial charge in [0.05, 0.1) is 16.6 Å². The first-order chi connectivity index (χ1) is 8.59. The maximum atomic E-state index is 12.0. The number of thioether (sulfide) groups is 1. The van der Waals surface area contributed by atoms with Crippen LogP contribution in [0.2, 0.25) is 5.02 Å². The van der Waals surface area contributed by atoms with Crippen molar-refractivity contribution in [1.82, 2.24) is 4.90 Å². The number of carboxylic acids is 1. The van der Waals surface area contributed by atoms with Gasteiger partial charge >= 0.3 is 12.0 Å². The summed E-state index contributed by atoms with van der Waals surface area (Å²) in [4.78, 5) is 24.2. The summed E-state index contributed by atoms with van der Waals surface area (Å²) in [5, 5.41) is 12.0. The van der Waals surface area contributed by atoms with Crippen LogP contribution in [0.15, 0.2) is 24.3 Å². The minimum Gasteiger partial charge on any atom is -0.480 e. The average molecular weight is 287 g/mol. The molecule has 1 aromatic rings. The second-order valence-corrected chi connectivity index (χ2v) is 5.14. The fourth-order valence-electron chi connectivity index (χ4n) is 1.60. The maximum absolute atomic E-state index is 12.0. The van der Waals surface area contributed by atoms with E-state index in [1.165, 1.54) is 16.7 Å². The Labute approximate surface area is 113 Å². The van der Waals surface area contributed by atoms with Crippen molar-refractivity contribution in [3.63, 3.8) is 0 Å². The van der Waals surface area contributed by atoms with E-state index in [-0.39, 0.29) is 0 Å². The van der Waals surface area contributed by atoms with Crippen molar-refractivity contribution < 1.29 is 14.7 Å². The number of benzene rings is 1. The first-order valence-corrected chi connectivity index (χ1v) is 6.75. The molecule has 2 N–H and O–H groups in total. The molecule has 1 saturated heterocycles. The third kappa shape index (κ3) is 2.70. The van der Waals surface area contributed by atoms with Crippen molar-refractivity contribution in [1.29, 1.82) is 0 Å². The van der Waals surface area contributed by atoms with E-state index in [2.05, 4.69) is 5.32 Å². The Bertz CT molecular complexity index is 483. The highest BCUT2D eigenvalue weighted by molar-refractivity contribution is 7.99. The number of carbonyl (C=O) groups excluding carboxylic acids is 1. The van der Waals surface area contributed by atoms with E-state index in [1.54, 1.807) is 24.3 Å². The van der Waals surface area contributed by atoms with Crippen LogP contribution < -0.4 is 5.32 Å². The van der Waals surface area contributed by atoms with Crippen molar-refractivity contribution in [2.75, 3.05) is 16.9 Å². The predicted octanol–water partition coefficient (Wildman–Crippen LogP) is 2.33. The number of aliphatic carboxylic acids is 1. The number of carboxylic acid groups (broad SMARTS) is 1. The van der Waals surface area contributed by atoms with Gasteiger partial charge in [-0.05, 0) is 12.1 Å². The second-order valence-electron chi connectivity index (χ2n) is 3.73. The number of para-hydroxylation sites is 1. The zero-order valence-corrected chi connectivity index (χ0v) is 10.9. The number of nitrogens with one attached hydrogen (secondary N) is 1. The normalized spacial score (nSPS) is 18.7. The quantitative estimate of drug-likeness (QED) is 0.875. The minimum atomic E-state index is -0.991. The molecule has 7 heteroatoms. The summed E-state index contributed by atoms with van der Waals surface area (Å²) < 4.78 is 0. The first kappa shape index (κ1) is 13.0. The number of rotatable bonds is 2. The van der Waals surface area contributed by atoms with Crippen molar-refractivity contribution >= 4 is 41.1 Å². The molecular formula is C11H11ClN2O3S. The summed E-state index contributed by atoms with van der Waals surface area (Å²) in [7, 11) is 0. The highest BCUT2D eigenvalue weighted by Crippen LogP contribution is 2.24. The molecule has 1 heterocycles. The Morgan fingerprint density at radius 2 is 2.17 bits per heavy atom. The molecule has 1 aliphatic heterocycles. The van der Waals surface area contributed by atoms with Crippen LogP contribution >= 0.6 is 23.4 Å². The van der Waals surface area contributed by atoms with Gasteiger partial charge in [0.1, 0.15) is 6.04 Å². The monoisotopic (exact) mass is 286 g/mol. The van der Waals surface area contributed by atoms with Crippen LogP contribution in [-0.4, -0.2) is 39.7 Å². The lowest BCUT2D eigenvalue weighted by molar-refractivity contribution is -0.140. The zero-order chi connectivity index (χ0) is 13.1. The number of anilines is 1. The molecule has 1 atom stereocenters. The van der Waals surface area contributed by atoms with E-state index < -0.39 is 18.0 Å². The van der Waals surface area contributed by atoms with E-state index >= 15 is 0 Å². The van der Waals surface area contributed by atoms with Crippen LogP contribution in [0, 0.1) is 0 Å². The van der Waals surface area contributed by atoms with Crippen LogP contribution in [0.3, 0.4) is 0 Å². The molecule has 0 aromatic heterocycles. The van der Waals surface area contributed by atoms with E-state index in [9.17, 15) is 9.59 Å². The van der Waals surface area contributed by atoms with E-state index in [4.69, 9.17) is 16.7 Å². The van der Waals surface area contributed by atoms with Gasteiger partial charge in [0.2, 0.25) is 0 Å². The standard InChI is InChI=1S/C11H11ClN2O3S/c12-7-3-1-2-4-8(7)13-11(17)14-6-18-5-9(14)10(15)16/h1-4,9H,5-6H2,(H,13,17)(H,15,16)/t9-/m0/s1. The Kier molecular flexibility index (Phi) is 3.98.